The van der Waals surface area contributed by atoms with Crippen molar-refractivity contribution in [1.29, 1.82) is 0 Å². The first-order valence-corrected chi connectivity index (χ1v) is 2.88. The van der Waals surface area contributed by atoms with Gasteiger partial charge in [-0.25, -0.2) is 0 Å². The topological polar surface area (TPSA) is 3.24 Å². The van der Waals surface area contributed by atoms with Crippen LogP contribution in [0.5, 0.6) is 0 Å². The zero-order valence-electron chi connectivity index (χ0n) is 3.84. The first-order chi connectivity index (χ1) is 3.39. The molecule has 0 saturated carbocycles. The summed E-state index contributed by atoms with van der Waals surface area (Å²) in [5.74, 6) is 0. The maximum absolute atomic E-state index is 3.25. The van der Waals surface area contributed by atoms with Gasteiger partial charge in [0, 0.05) is 12.4 Å². The van der Waals surface area contributed by atoms with Gasteiger partial charge in [-0.15, -0.1) is 0 Å². The van der Waals surface area contributed by atoms with E-state index < -0.39 is 0 Å². The van der Waals surface area contributed by atoms with Crippen molar-refractivity contribution in [2.75, 3.05) is 0 Å². The lowest BCUT2D eigenvalue weighted by Crippen LogP contribution is -1.92. The maximum Gasteiger partial charge on any atom is 0.0539 e. The van der Waals surface area contributed by atoms with E-state index >= 15 is 0 Å². The Labute approximate surface area is 51.7 Å². The second kappa shape index (κ2) is 2.17. The highest BCUT2D eigenvalue weighted by Gasteiger charge is 1.86. The van der Waals surface area contributed by atoms with E-state index in [2.05, 4.69) is 28.3 Å². The van der Waals surface area contributed by atoms with Crippen molar-refractivity contribution in [1.82, 2.24) is 3.93 Å². The van der Waals surface area contributed by atoms with Crippen LogP contribution in [0.25, 0.3) is 0 Å². The second-order valence-electron chi connectivity index (χ2n) is 1.35. The summed E-state index contributed by atoms with van der Waals surface area (Å²) >= 11 is 3.25. The van der Waals surface area contributed by atoms with Crippen molar-refractivity contribution in [3.05, 3.63) is 24.6 Å². The summed E-state index contributed by atoms with van der Waals surface area (Å²) in [5, 5.41) is 0. The van der Waals surface area contributed by atoms with E-state index in [0.29, 0.717) is 0 Å². The van der Waals surface area contributed by atoms with E-state index in [9.17, 15) is 0 Å². The Morgan fingerprint density at radius 1 is 1.29 bits per heavy atom. The Bertz CT molecular complexity index is 94.6. The SMILES string of the molecule is BrN1C=CCC=C1. The molecule has 1 nitrogen and oxygen atoms in total. The molecule has 0 atom stereocenters. The van der Waals surface area contributed by atoms with Crippen LogP contribution in [0.3, 0.4) is 0 Å². The summed E-state index contributed by atoms with van der Waals surface area (Å²) in [6, 6.07) is 0. The lowest BCUT2D eigenvalue weighted by atomic mass is 10.4. The molecule has 1 rings (SSSR count). The van der Waals surface area contributed by atoms with Crippen LogP contribution in [0.2, 0.25) is 0 Å². The monoisotopic (exact) mass is 159 g/mol. The quantitative estimate of drug-likeness (QED) is 0.490. The van der Waals surface area contributed by atoms with Crippen LogP contribution in [0.4, 0.5) is 0 Å². The van der Waals surface area contributed by atoms with Crippen LogP contribution in [0, 0.1) is 0 Å². The molecule has 0 aromatic rings. The van der Waals surface area contributed by atoms with Crippen LogP contribution >= 0.6 is 16.1 Å². The van der Waals surface area contributed by atoms with E-state index in [-0.39, 0.29) is 0 Å². The number of halogens is 1. The molecule has 0 aromatic heterocycles. The molecule has 0 radical (unpaired) electrons. The third kappa shape index (κ3) is 1.35. The van der Waals surface area contributed by atoms with E-state index in [4.69, 9.17) is 0 Å². The van der Waals surface area contributed by atoms with Gasteiger partial charge in [0.2, 0.25) is 0 Å². The fraction of sp³-hybridized carbons (Fsp3) is 0.200. The molecular formula is C5H6BrN. The summed E-state index contributed by atoms with van der Waals surface area (Å²) in [6.07, 6.45) is 9.16. The predicted octanol–water partition coefficient (Wildman–Crippen LogP) is 2.03. The van der Waals surface area contributed by atoms with Crippen molar-refractivity contribution in [3.63, 3.8) is 0 Å². The van der Waals surface area contributed by atoms with Crippen LogP contribution < -0.4 is 0 Å². The highest BCUT2D eigenvalue weighted by atomic mass is 79.9. The maximum atomic E-state index is 3.25. The summed E-state index contributed by atoms with van der Waals surface area (Å²) in [5.41, 5.74) is 0. The normalized spacial score (nSPS) is 18.1. The van der Waals surface area contributed by atoms with Gasteiger partial charge in [-0.3, -0.25) is 3.93 Å². The molecule has 1 heterocycles. The number of rotatable bonds is 0. The fourth-order valence-electron chi connectivity index (χ4n) is 0.451. The smallest absolute Gasteiger partial charge is 0.0539 e. The van der Waals surface area contributed by atoms with Crippen molar-refractivity contribution < 1.29 is 0 Å². The third-order valence-electron chi connectivity index (χ3n) is 0.768. The van der Waals surface area contributed by atoms with Gasteiger partial charge in [-0.2, -0.15) is 0 Å². The van der Waals surface area contributed by atoms with Crippen LogP contribution in [0.1, 0.15) is 6.42 Å². The highest BCUT2D eigenvalue weighted by Crippen LogP contribution is 2.05. The minimum absolute atomic E-state index is 1.06. The van der Waals surface area contributed by atoms with Crippen LogP contribution in [0.15, 0.2) is 24.6 Å². The summed E-state index contributed by atoms with van der Waals surface area (Å²) in [7, 11) is 0. The molecule has 0 bridgehead atoms. The minimum atomic E-state index is 1.06. The zero-order chi connectivity index (χ0) is 5.11. The van der Waals surface area contributed by atoms with Crippen LogP contribution in [-0.2, 0) is 0 Å². The molecule has 2 heteroatoms. The number of nitrogens with zero attached hydrogens (tertiary/aromatic N) is 1. The van der Waals surface area contributed by atoms with E-state index in [1.807, 2.05) is 16.3 Å². The Balaban J connectivity index is 2.49. The first-order valence-electron chi connectivity index (χ1n) is 2.17. The van der Waals surface area contributed by atoms with Crippen molar-refractivity contribution >= 4 is 16.1 Å². The van der Waals surface area contributed by atoms with Gasteiger partial charge in [0.1, 0.15) is 0 Å². The Morgan fingerprint density at radius 2 is 1.86 bits per heavy atom. The summed E-state index contributed by atoms with van der Waals surface area (Å²) in [6.45, 7) is 0. The van der Waals surface area contributed by atoms with Gasteiger partial charge >= 0.3 is 0 Å². The van der Waals surface area contributed by atoms with Gasteiger partial charge in [-0.05, 0) is 6.42 Å². The van der Waals surface area contributed by atoms with Gasteiger partial charge in [0.25, 0.3) is 0 Å². The fourth-order valence-corrected chi connectivity index (χ4v) is 0.786. The summed E-state index contributed by atoms with van der Waals surface area (Å²) < 4.78 is 1.84. The van der Waals surface area contributed by atoms with Gasteiger partial charge in [0.05, 0.1) is 16.1 Å². The molecular weight excluding hydrogens is 154 g/mol. The van der Waals surface area contributed by atoms with Gasteiger partial charge < -0.3 is 0 Å². The minimum Gasteiger partial charge on any atom is -0.292 e. The number of allylic oxidation sites excluding steroid dienone is 2. The van der Waals surface area contributed by atoms with Crippen molar-refractivity contribution in [2.24, 2.45) is 0 Å². The van der Waals surface area contributed by atoms with E-state index in [1.165, 1.54) is 0 Å². The standard InChI is InChI=1S/C5H6BrN/c6-7-4-2-1-3-5-7/h2-5H,1H2. The molecule has 0 aliphatic carbocycles. The first kappa shape index (κ1) is 4.91. The molecule has 0 unspecified atom stereocenters. The molecule has 7 heavy (non-hydrogen) atoms. The Kier molecular flexibility index (Phi) is 1.52. The largest absolute Gasteiger partial charge is 0.292 e. The van der Waals surface area contributed by atoms with Gasteiger partial charge in [-0.1, -0.05) is 12.2 Å². The van der Waals surface area contributed by atoms with Crippen LogP contribution in [-0.4, -0.2) is 3.93 Å². The average molecular weight is 160 g/mol. The molecule has 38 valence electrons. The zero-order valence-corrected chi connectivity index (χ0v) is 5.43. The summed E-state index contributed by atoms with van der Waals surface area (Å²) in [4.78, 5) is 0. The van der Waals surface area contributed by atoms with Crippen molar-refractivity contribution in [2.45, 2.75) is 6.42 Å². The molecule has 0 amide bonds. The molecule has 0 aromatic carbocycles. The van der Waals surface area contributed by atoms with E-state index in [1.54, 1.807) is 0 Å². The molecule has 0 fully saturated rings. The Hall–Kier alpha value is -0.240. The molecule has 0 N–H and O–H groups in total. The van der Waals surface area contributed by atoms with E-state index in [0.717, 1.165) is 6.42 Å². The number of hydrogen-bond acceptors (Lipinski definition) is 1. The average Bonchev–Trinajstić information content (AvgIpc) is 1.69. The Morgan fingerprint density at radius 3 is 2.14 bits per heavy atom. The number of hydrogen-bond donors (Lipinski definition) is 0. The third-order valence-corrected chi connectivity index (χ3v) is 1.24. The lowest BCUT2D eigenvalue weighted by Gasteiger charge is -2.05. The molecule has 0 spiro atoms. The highest BCUT2D eigenvalue weighted by molar-refractivity contribution is 9.07. The molecule has 0 saturated heterocycles. The predicted molar refractivity (Wildman–Crippen MR) is 33.7 cm³/mol. The molecule has 1 aliphatic heterocycles. The van der Waals surface area contributed by atoms with Gasteiger partial charge in [0.15, 0.2) is 0 Å². The lowest BCUT2D eigenvalue weighted by molar-refractivity contribution is 0.852. The molecule has 1 aliphatic rings. The van der Waals surface area contributed by atoms with Crippen molar-refractivity contribution in [3.8, 4) is 0 Å². The second-order valence-corrected chi connectivity index (χ2v) is 2.17.